The van der Waals surface area contributed by atoms with Crippen LogP contribution in [0.5, 0.6) is 11.5 Å². The first-order valence-corrected chi connectivity index (χ1v) is 10.6. The SMILES string of the molecule is COc1ccc(-c2nnc(SCC(=O)c3cccc(OC)c3)n2Cc2ccco2)cc1. The molecule has 31 heavy (non-hydrogen) atoms. The van der Waals surface area contributed by atoms with E-state index in [1.165, 1.54) is 11.8 Å². The smallest absolute Gasteiger partial charge is 0.192 e. The minimum atomic E-state index is -0.0116. The van der Waals surface area contributed by atoms with Gasteiger partial charge in [-0.1, -0.05) is 23.9 Å². The molecule has 2 heterocycles. The second-order valence-corrected chi connectivity index (χ2v) is 7.59. The summed E-state index contributed by atoms with van der Waals surface area (Å²) in [6.07, 6.45) is 1.63. The number of ketones is 1. The van der Waals surface area contributed by atoms with E-state index in [1.807, 2.05) is 47.0 Å². The van der Waals surface area contributed by atoms with E-state index in [-0.39, 0.29) is 11.5 Å². The van der Waals surface area contributed by atoms with Gasteiger partial charge < -0.3 is 13.9 Å². The second-order valence-electron chi connectivity index (χ2n) is 6.64. The molecule has 2 aromatic heterocycles. The van der Waals surface area contributed by atoms with Crippen molar-refractivity contribution in [1.29, 1.82) is 0 Å². The fraction of sp³-hybridized carbons (Fsp3) is 0.174. The molecule has 0 fully saturated rings. The van der Waals surface area contributed by atoms with Crippen molar-refractivity contribution in [3.05, 3.63) is 78.3 Å². The number of hydrogen-bond donors (Lipinski definition) is 0. The van der Waals surface area contributed by atoms with E-state index in [1.54, 1.807) is 38.7 Å². The number of rotatable bonds is 9. The standard InChI is InChI=1S/C23H21N3O4S/c1-28-18-10-8-16(9-11-18)22-24-25-23(26(22)14-20-7-4-12-30-20)31-15-21(27)17-5-3-6-19(13-17)29-2/h3-13H,14-15H2,1-2H3. The number of ether oxygens (including phenoxy) is 2. The highest BCUT2D eigenvalue weighted by Crippen LogP contribution is 2.27. The Morgan fingerprint density at radius 2 is 1.81 bits per heavy atom. The average molecular weight is 436 g/mol. The van der Waals surface area contributed by atoms with Gasteiger partial charge in [0.15, 0.2) is 16.8 Å². The van der Waals surface area contributed by atoms with Crippen molar-refractivity contribution in [2.75, 3.05) is 20.0 Å². The summed E-state index contributed by atoms with van der Waals surface area (Å²) in [7, 11) is 3.21. The Bertz CT molecular complexity index is 1150. The summed E-state index contributed by atoms with van der Waals surface area (Å²) in [4.78, 5) is 12.7. The van der Waals surface area contributed by atoms with Crippen LogP contribution < -0.4 is 9.47 Å². The topological polar surface area (TPSA) is 79.4 Å². The third kappa shape index (κ3) is 4.80. The lowest BCUT2D eigenvalue weighted by molar-refractivity contribution is 0.102. The highest BCUT2D eigenvalue weighted by Gasteiger charge is 2.18. The molecule has 2 aromatic carbocycles. The van der Waals surface area contributed by atoms with Crippen LogP contribution in [0.25, 0.3) is 11.4 Å². The van der Waals surface area contributed by atoms with Gasteiger partial charge in [0.1, 0.15) is 17.3 Å². The maximum absolute atomic E-state index is 12.7. The summed E-state index contributed by atoms with van der Waals surface area (Å²) in [6, 6.07) is 18.5. The fourth-order valence-corrected chi connectivity index (χ4v) is 3.89. The van der Waals surface area contributed by atoms with Gasteiger partial charge >= 0.3 is 0 Å². The van der Waals surface area contributed by atoms with Crippen molar-refractivity contribution in [1.82, 2.24) is 14.8 Å². The Balaban J connectivity index is 1.59. The number of nitrogens with zero attached hydrogens (tertiary/aromatic N) is 3. The summed E-state index contributed by atoms with van der Waals surface area (Å²) in [5.41, 5.74) is 1.49. The Labute approximate surface area is 184 Å². The molecule has 0 aliphatic carbocycles. The molecule has 0 unspecified atom stereocenters. The highest BCUT2D eigenvalue weighted by molar-refractivity contribution is 7.99. The van der Waals surface area contributed by atoms with Crippen molar-refractivity contribution in [2.45, 2.75) is 11.7 Å². The first-order valence-electron chi connectivity index (χ1n) is 9.58. The quantitative estimate of drug-likeness (QED) is 0.281. The summed E-state index contributed by atoms with van der Waals surface area (Å²) in [6.45, 7) is 0.455. The maximum atomic E-state index is 12.7. The van der Waals surface area contributed by atoms with Crippen LogP contribution in [0.3, 0.4) is 0 Å². The van der Waals surface area contributed by atoms with Crippen LogP contribution in [-0.2, 0) is 6.54 Å². The molecule has 4 aromatic rings. The highest BCUT2D eigenvalue weighted by atomic mass is 32.2. The molecule has 0 amide bonds. The Kier molecular flexibility index (Phi) is 6.37. The van der Waals surface area contributed by atoms with Gasteiger partial charge in [0.25, 0.3) is 0 Å². The molecule has 0 aliphatic rings. The number of methoxy groups -OCH3 is 2. The number of carbonyl (C=O) groups excluding carboxylic acids is 1. The summed E-state index contributed by atoms with van der Waals surface area (Å²) >= 11 is 1.34. The minimum Gasteiger partial charge on any atom is -0.497 e. The van der Waals surface area contributed by atoms with Crippen LogP contribution in [0.1, 0.15) is 16.1 Å². The number of carbonyl (C=O) groups is 1. The second kappa shape index (κ2) is 9.53. The molecule has 0 N–H and O–H groups in total. The molecule has 7 nitrogen and oxygen atoms in total. The van der Waals surface area contributed by atoms with Gasteiger partial charge in [0.05, 0.1) is 32.8 Å². The van der Waals surface area contributed by atoms with Crippen LogP contribution in [0, 0.1) is 0 Å². The van der Waals surface area contributed by atoms with Gasteiger partial charge in [-0.05, 0) is 48.5 Å². The largest absolute Gasteiger partial charge is 0.497 e. The molecule has 158 valence electrons. The zero-order valence-corrected chi connectivity index (χ0v) is 18.0. The summed E-state index contributed by atoms with van der Waals surface area (Å²) in [5, 5.41) is 9.36. The van der Waals surface area contributed by atoms with E-state index in [2.05, 4.69) is 10.2 Å². The van der Waals surface area contributed by atoms with Crippen LogP contribution >= 0.6 is 11.8 Å². The predicted molar refractivity (Wildman–Crippen MR) is 118 cm³/mol. The molecular weight excluding hydrogens is 414 g/mol. The first-order chi connectivity index (χ1) is 15.2. The third-order valence-electron chi connectivity index (χ3n) is 4.68. The Morgan fingerprint density at radius 3 is 2.52 bits per heavy atom. The van der Waals surface area contributed by atoms with E-state index < -0.39 is 0 Å². The van der Waals surface area contributed by atoms with Crippen molar-refractivity contribution in [3.8, 4) is 22.9 Å². The zero-order valence-electron chi connectivity index (χ0n) is 17.1. The lowest BCUT2D eigenvalue weighted by Gasteiger charge is -2.09. The van der Waals surface area contributed by atoms with Crippen molar-refractivity contribution < 1.29 is 18.7 Å². The van der Waals surface area contributed by atoms with E-state index in [0.717, 1.165) is 17.1 Å². The minimum absolute atomic E-state index is 0.0116. The molecule has 0 saturated carbocycles. The first kappa shape index (κ1) is 20.7. The fourth-order valence-electron chi connectivity index (χ4n) is 3.06. The zero-order chi connectivity index (χ0) is 21.6. The van der Waals surface area contributed by atoms with Crippen molar-refractivity contribution >= 4 is 17.5 Å². The molecule has 0 atom stereocenters. The number of hydrogen-bond acceptors (Lipinski definition) is 7. The molecule has 0 saturated heterocycles. The Hall–Kier alpha value is -3.52. The van der Waals surface area contributed by atoms with Crippen LogP contribution in [-0.4, -0.2) is 40.5 Å². The lowest BCUT2D eigenvalue weighted by Crippen LogP contribution is -2.07. The van der Waals surface area contributed by atoms with E-state index >= 15 is 0 Å². The molecule has 0 aliphatic heterocycles. The maximum Gasteiger partial charge on any atom is 0.192 e. The lowest BCUT2D eigenvalue weighted by atomic mass is 10.1. The summed E-state index contributed by atoms with van der Waals surface area (Å²) in [5.74, 6) is 3.10. The van der Waals surface area contributed by atoms with Gasteiger partial charge in [-0.2, -0.15) is 0 Å². The van der Waals surface area contributed by atoms with E-state index in [4.69, 9.17) is 13.9 Å². The monoisotopic (exact) mass is 435 g/mol. The summed E-state index contributed by atoms with van der Waals surface area (Å²) < 4.78 is 17.9. The van der Waals surface area contributed by atoms with Gasteiger partial charge in [0.2, 0.25) is 0 Å². The van der Waals surface area contributed by atoms with E-state index in [0.29, 0.717) is 28.8 Å². The van der Waals surface area contributed by atoms with Crippen molar-refractivity contribution in [2.24, 2.45) is 0 Å². The van der Waals surface area contributed by atoms with Crippen LogP contribution in [0.15, 0.2) is 76.5 Å². The van der Waals surface area contributed by atoms with Gasteiger partial charge in [-0.3, -0.25) is 9.36 Å². The predicted octanol–water partition coefficient (Wildman–Crippen LogP) is 4.58. The van der Waals surface area contributed by atoms with Crippen LogP contribution in [0.2, 0.25) is 0 Å². The molecular formula is C23H21N3O4S. The van der Waals surface area contributed by atoms with Gasteiger partial charge in [-0.15, -0.1) is 10.2 Å². The number of Topliss-reactive ketones (excluding diaryl/α,β-unsaturated/α-hetero) is 1. The van der Waals surface area contributed by atoms with Crippen molar-refractivity contribution in [3.63, 3.8) is 0 Å². The third-order valence-corrected chi connectivity index (χ3v) is 5.65. The van der Waals surface area contributed by atoms with Gasteiger partial charge in [0, 0.05) is 11.1 Å². The number of thioether (sulfide) groups is 1. The molecule has 0 bridgehead atoms. The number of aromatic nitrogens is 3. The van der Waals surface area contributed by atoms with Crippen LogP contribution in [0.4, 0.5) is 0 Å². The average Bonchev–Trinajstić information content (AvgIpc) is 3.48. The van der Waals surface area contributed by atoms with Gasteiger partial charge in [-0.25, -0.2) is 0 Å². The number of benzene rings is 2. The molecule has 0 radical (unpaired) electrons. The normalized spacial score (nSPS) is 10.8. The molecule has 8 heteroatoms. The molecule has 0 spiro atoms. The Morgan fingerprint density at radius 1 is 1.00 bits per heavy atom. The van der Waals surface area contributed by atoms with E-state index in [9.17, 15) is 4.79 Å². The molecule has 4 rings (SSSR count). The number of furan rings is 1.